The van der Waals surface area contributed by atoms with Gasteiger partial charge in [0.25, 0.3) is 0 Å². The van der Waals surface area contributed by atoms with Gasteiger partial charge in [-0.05, 0) is 25.1 Å². The first-order valence-corrected chi connectivity index (χ1v) is 9.58. The van der Waals surface area contributed by atoms with Gasteiger partial charge >= 0.3 is 0 Å². The van der Waals surface area contributed by atoms with Crippen LogP contribution < -0.4 is 10.0 Å². The van der Waals surface area contributed by atoms with Gasteiger partial charge < -0.3 is 5.32 Å². The van der Waals surface area contributed by atoms with Crippen molar-refractivity contribution in [1.29, 1.82) is 0 Å². The summed E-state index contributed by atoms with van der Waals surface area (Å²) in [7, 11) is -3.17. The standard InChI is InChI=1S/C14H18Cl2N4O2S/c1-10-13(9-17-6-7-18-23(2,21)22)14(16)20(19-10)12-5-3-4-11(15)8-12/h3-5,8,17-18H,6-7,9H2,1-2H3. The second-order valence-electron chi connectivity index (χ2n) is 5.09. The first-order valence-electron chi connectivity index (χ1n) is 6.93. The van der Waals surface area contributed by atoms with Gasteiger partial charge in [-0.2, -0.15) is 5.10 Å². The molecule has 0 saturated heterocycles. The van der Waals surface area contributed by atoms with E-state index in [9.17, 15) is 8.42 Å². The molecular weight excluding hydrogens is 359 g/mol. The Hall–Kier alpha value is -1.12. The van der Waals surface area contributed by atoms with Crippen molar-refractivity contribution in [3.8, 4) is 5.69 Å². The summed E-state index contributed by atoms with van der Waals surface area (Å²) in [5, 5.41) is 8.69. The summed E-state index contributed by atoms with van der Waals surface area (Å²) >= 11 is 12.4. The van der Waals surface area contributed by atoms with E-state index in [4.69, 9.17) is 23.2 Å². The van der Waals surface area contributed by atoms with Crippen molar-refractivity contribution in [2.24, 2.45) is 0 Å². The van der Waals surface area contributed by atoms with E-state index < -0.39 is 10.0 Å². The zero-order chi connectivity index (χ0) is 17.0. The van der Waals surface area contributed by atoms with Gasteiger partial charge in [-0.1, -0.05) is 29.3 Å². The molecule has 2 aromatic rings. The number of rotatable bonds is 7. The Morgan fingerprint density at radius 3 is 2.65 bits per heavy atom. The number of aryl methyl sites for hydroxylation is 1. The minimum absolute atomic E-state index is 0.317. The smallest absolute Gasteiger partial charge is 0.208 e. The van der Waals surface area contributed by atoms with Gasteiger partial charge in [-0.3, -0.25) is 0 Å². The molecule has 0 saturated carbocycles. The Kier molecular flexibility index (Phi) is 6.05. The van der Waals surface area contributed by atoms with Crippen molar-refractivity contribution in [2.75, 3.05) is 19.3 Å². The Morgan fingerprint density at radius 2 is 2.00 bits per heavy atom. The van der Waals surface area contributed by atoms with Crippen LogP contribution in [0.1, 0.15) is 11.3 Å². The molecule has 126 valence electrons. The molecule has 2 rings (SSSR count). The van der Waals surface area contributed by atoms with Gasteiger partial charge in [0.1, 0.15) is 5.15 Å². The lowest BCUT2D eigenvalue weighted by Gasteiger charge is -2.06. The molecule has 9 heteroatoms. The molecule has 0 atom stereocenters. The van der Waals surface area contributed by atoms with E-state index >= 15 is 0 Å². The fourth-order valence-electron chi connectivity index (χ4n) is 2.05. The van der Waals surface area contributed by atoms with Crippen LogP contribution in [0, 0.1) is 6.92 Å². The lowest BCUT2D eigenvalue weighted by Crippen LogP contribution is -2.30. The molecule has 1 heterocycles. The predicted molar refractivity (Wildman–Crippen MR) is 92.9 cm³/mol. The number of halogens is 2. The highest BCUT2D eigenvalue weighted by molar-refractivity contribution is 7.88. The van der Waals surface area contributed by atoms with Crippen molar-refractivity contribution in [1.82, 2.24) is 19.8 Å². The zero-order valence-corrected chi connectivity index (χ0v) is 15.1. The number of hydrogen-bond donors (Lipinski definition) is 2. The molecule has 23 heavy (non-hydrogen) atoms. The molecule has 1 aromatic heterocycles. The third-order valence-corrected chi connectivity index (χ3v) is 4.49. The molecule has 0 amide bonds. The van der Waals surface area contributed by atoms with Crippen LogP contribution in [-0.2, 0) is 16.6 Å². The van der Waals surface area contributed by atoms with Gasteiger partial charge in [0, 0.05) is 30.2 Å². The molecule has 0 aliphatic carbocycles. The maximum Gasteiger partial charge on any atom is 0.208 e. The summed E-state index contributed by atoms with van der Waals surface area (Å²) in [5.74, 6) is 0. The van der Waals surface area contributed by atoms with Crippen LogP contribution in [0.4, 0.5) is 0 Å². The summed E-state index contributed by atoms with van der Waals surface area (Å²) in [6.45, 7) is 3.18. The van der Waals surface area contributed by atoms with Crippen molar-refractivity contribution >= 4 is 33.2 Å². The van der Waals surface area contributed by atoms with Crippen LogP contribution in [0.5, 0.6) is 0 Å². The van der Waals surface area contributed by atoms with Gasteiger partial charge in [0.15, 0.2) is 0 Å². The summed E-state index contributed by atoms with van der Waals surface area (Å²) in [6, 6.07) is 7.27. The van der Waals surface area contributed by atoms with Gasteiger partial charge in [-0.15, -0.1) is 0 Å². The molecular formula is C14H18Cl2N4O2S. The normalized spacial score (nSPS) is 11.8. The second kappa shape index (κ2) is 7.63. The van der Waals surface area contributed by atoms with E-state index in [1.165, 1.54) is 0 Å². The molecule has 1 aromatic carbocycles. The Balaban J connectivity index is 2.04. The van der Waals surface area contributed by atoms with Crippen LogP contribution in [0.2, 0.25) is 10.2 Å². The van der Waals surface area contributed by atoms with Crippen molar-refractivity contribution in [3.63, 3.8) is 0 Å². The van der Waals surface area contributed by atoms with E-state index in [0.29, 0.717) is 29.8 Å². The molecule has 0 radical (unpaired) electrons. The summed E-state index contributed by atoms with van der Waals surface area (Å²) < 4.78 is 26.0. The first-order chi connectivity index (χ1) is 10.8. The number of nitrogens with one attached hydrogen (secondary N) is 2. The highest BCUT2D eigenvalue weighted by Gasteiger charge is 2.14. The van der Waals surface area contributed by atoms with E-state index in [1.807, 2.05) is 19.1 Å². The Morgan fingerprint density at radius 1 is 1.26 bits per heavy atom. The van der Waals surface area contributed by atoms with E-state index in [-0.39, 0.29) is 0 Å². The fraction of sp³-hybridized carbons (Fsp3) is 0.357. The van der Waals surface area contributed by atoms with E-state index in [0.717, 1.165) is 23.2 Å². The highest BCUT2D eigenvalue weighted by Crippen LogP contribution is 2.24. The fourth-order valence-corrected chi connectivity index (χ4v) is 3.05. The van der Waals surface area contributed by atoms with E-state index in [1.54, 1.807) is 16.8 Å². The van der Waals surface area contributed by atoms with Crippen LogP contribution in [0.25, 0.3) is 5.69 Å². The van der Waals surface area contributed by atoms with Gasteiger partial charge in [-0.25, -0.2) is 17.8 Å². The second-order valence-corrected chi connectivity index (χ2v) is 7.72. The zero-order valence-electron chi connectivity index (χ0n) is 12.8. The number of aromatic nitrogens is 2. The lowest BCUT2D eigenvalue weighted by molar-refractivity contribution is 0.581. The first kappa shape index (κ1) is 18.2. The molecule has 0 bridgehead atoms. The number of nitrogens with zero attached hydrogens (tertiary/aromatic N) is 2. The van der Waals surface area contributed by atoms with Gasteiger partial charge in [0.2, 0.25) is 10.0 Å². The average Bonchev–Trinajstić information content (AvgIpc) is 2.73. The Bertz CT molecular complexity index is 790. The van der Waals surface area contributed by atoms with Crippen molar-refractivity contribution in [2.45, 2.75) is 13.5 Å². The molecule has 0 unspecified atom stereocenters. The minimum Gasteiger partial charge on any atom is -0.311 e. The number of hydrogen-bond acceptors (Lipinski definition) is 4. The highest BCUT2D eigenvalue weighted by atomic mass is 35.5. The SMILES string of the molecule is Cc1nn(-c2cccc(Cl)c2)c(Cl)c1CNCCNS(C)(=O)=O. The summed E-state index contributed by atoms with van der Waals surface area (Å²) in [6.07, 6.45) is 1.13. The maximum absolute atomic E-state index is 11.0. The summed E-state index contributed by atoms with van der Waals surface area (Å²) in [4.78, 5) is 0. The average molecular weight is 377 g/mol. The van der Waals surface area contributed by atoms with E-state index in [2.05, 4.69) is 15.1 Å². The largest absolute Gasteiger partial charge is 0.311 e. The third-order valence-electron chi connectivity index (χ3n) is 3.14. The quantitative estimate of drug-likeness (QED) is 0.725. The van der Waals surface area contributed by atoms with Crippen molar-refractivity contribution < 1.29 is 8.42 Å². The third kappa shape index (κ3) is 5.19. The lowest BCUT2D eigenvalue weighted by atomic mass is 10.2. The van der Waals surface area contributed by atoms with Crippen LogP contribution in [0.15, 0.2) is 24.3 Å². The van der Waals surface area contributed by atoms with Crippen LogP contribution in [0.3, 0.4) is 0 Å². The number of sulfonamides is 1. The molecule has 0 spiro atoms. The monoisotopic (exact) mass is 376 g/mol. The topological polar surface area (TPSA) is 76.0 Å². The van der Waals surface area contributed by atoms with Crippen molar-refractivity contribution in [3.05, 3.63) is 45.7 Å². The van der Waals surface area contributed by atoms with Gasteiger partial charge in [0.05, 0.1) is 17.6 Å². The minimum atomic E-state index is -3.17. The number of benzene rings is 1. The Labute approximate surface area is 145 Å². The predicted octanol–water partition coefficient (Wildman–Crippen LogP) is 2.13. The maximum atomic E-state index is 11.0. The molecule has 6 nitrogen and oxygen atoms in total. The molecule has 0 aliphatic heterocycles. The van der Waals surface area contributed by atoms with Crippen LogP contribution >= 0.6 is 23.2 Å². The molecule has 2 N–H and O–H groups in total. The molecule has 0 aliphatic rings. The molecule has 0 fully saturated rings. The summed E-state index contributed by atoms with van der Waals surface area (Å²) in [5.41, 5.74) is 2.46. The van der Waals surface area contributed by atoms with Crippen LogP contribution in [-0.4, -0.2) is 37.5 Å².